The van der Waals surface area contributed by atoms with Gasteiger partial charge >= 0.3 is 0 Å². The number of rotatable bonds is 4. The standard InChI is InChI=1S/C19H20N4O3/c1-3-6-16-18(25)22-14-7-4-5-8-15(14)23(16)19(26)13-9-10-17(20-11-13)21-12(2)24/h4-5,7-11,16H,3,6H2,1-2H3,(H,22,25)(H,20,21,24)/t16-/m0/s1. The van der Waals surface area contributed by atoms with Crippen molar-refractivity contribution in [1.29, 1.82) is 0 Å². The average Bonchev–Trinajstić information content (AvgIpc) is 2.62. The maximum atomic E-state index is 13.1. The Bertz CT molecular complexity index is 848. The SMILES string of the molecule is CCC[C@H]1C(=O)Nc2ccccc2N1C(=O)c1ccc(NC(C)=O)nc1. The van der Waals surface area contributed by atoms with Gasteiger partial charge in [-0.1, -0.05) is 25.5 Å². The number of fused-ring (bicyclic) bond motifs is 1. The lowest BCUT2D eigenvalue weighted by Crippen LogP contribution is -2.51. The highest BCUT2D eigenvalue weighted by molar-refractivity contribution is 6.16. The van der Waals surface area contributed by atoms with Crippen molar-refractivity contribution in [2.75, 3.05) is 15.5 Å². The molecule has 1 aliphatic heterocycles. The fourth-order valence-corrected chi connectivity index (χ4v) is 2.99. The molecule has 1 aliphatic rings. The molecule has 0 unspecified atom stereocenters. The lowest BCUT2D eigenvalue weighted by molar-refractivity contribution is -0.117. The van der Waals surface area contributed by atoms with Gasteiger partial charge in [0, 0.05) is 13.1 Å². The molecule has 7 nitrogen and oxygen atoms in total. The molecule has 1 atom stereocenters. The van der Waals surface area contributed by atoms with E-state index in [1.807, 2.05) is 25.1 Å². The summed E-state index contributed by atoms with van der Waals surface area (Å²) in [6.45, 7) is 3.36. The van der Waals surface area contributed by atoms with Crippen molar-refractivity contribution in [3.63, 3.8) is 0 Å². The highest BCUT2D eigenvalue weighted by atomic mass is 16.2. The number of para-hydroxylation sites is 2. The van der Waals surface area contributed by atoms with E-state index >= 15 is 0 Å². The van der Waals surface area contributed by atoms with Gasteiger partial charge in [0.25, 0.3) is 5.91 Å². The number of amides is 3. The summed E-state index contributed by atoms with van der Waals surface area (Å²) in [4.78, 5) is 42.4. The first-order valence-corrected chi connectivity index (χ1v) is 8.48. The van der Waals surface area contributed by atoms with E-state index in [9.17, 15) is 14.4 Å². The Morgan fingerprint density at radius 1 is 1.23 bits per heavy atom. The smallest absolute Gasteiger partial charge is 0.260 e. The minimum Gasteiger partial charge on any atom is -0.322 e. The van der Waals surface area contributed by atoms with Crippen LogP contribution in [0, 0.1) is 0 Å². The first-order chi connectivity index (χ1) is 12.5. The molecule has 26 heavy (non-hydrogen) atoms. The summed E-state index contributed by atoms with van der Waals surface area (Å²) >= 11 is 0. The molecular formula is C19H20N4O3. The first kappa shape index (κ1) is 17.6. The molecule has 0 fully saturated rings. The van der Waals surface area contributed by atoms with Crippen molar-refractivity contribution in [1.82, 2.24) is 4.98 Å². The summed E-state index contributed by atoms with van der Waals surface area (Å²) in [6, 6.07) is 9.82. The van der Waals surface area contributed by atoms with Crippen LogP contribution in [0.25, 0.3) is 0 Å². The van der Waals surface area contributed by atoms with E-state index in [-0.39, 0.29) is 17.7 Å². The van der Waals surface area contributed by atoms with Gasteiger partial charge < -0.3 is 10.6 Å². The lowest BCUT2D eigenvalue weighted by atomic mass is 10.0. The van der Waals surface area contributed by atoms with E-state index in [1.54, 1.807) is 18.2 Å². The van der Waals surface area contributed by atoms with Crippen LogP contribution in [0.1, 0.15) is 37.0 Å². The Morgan fingerprint density at radius 3 is 2.65 bits per heavy atom. The number of nitrogens with zero attached hydrogens (tertiary/aromatic N) is 2. The van der Waals surface area contributed by atoms with Gasteiger partial charge in [-0.25, -0.2) is 4.98 Å². The van der Waals surface area contributed by atoms with E-state index in [2.05, 4.69) is 15.6 Å². The molecule has 0 bridgehead atoms. The van der Waals surface area contributed by atoms with Crippen LogP contribution in [0.15, 0.2) is 42.6 Å². The fourth-order valence-electron chi connectivity index (χ4n) is 2.99. The zero-order chi connectivity index (χ0) is 18.7. The molecule has 0 aliphatic carbocycles. The summed E-state index contributed by atoms with van der Waals surface area (Å²) in [7, 11) is 0. The van der Waals surface area contributed by atoms with Gasteiger partial charge in [0.05, 0.1) is 16.9 Å². The largest absolute Gasteiger partial charge is 0.322 e. The molecule has 134 valence electrons. The second-order valence-corrected chi connectivity index (χ2v) is 6.10. The summed E-state index contributed by atoms with van der Waals surface area (Å²) in [6.07, 6.45) is 2.73. The van der Waals surface area contributed by atoms with Gasteiger partial charge in [-0.3, -0.25) is 19.3 Å². The predicted molar refractivity (Wildman–Crippen MR) is 99.1 cm³/mol. The molecular weight excluding hydrogens is 332 g/mol. The number of pyridine rings is 1. The Hall–Kier alpha value is -3.22. The van der Waals surface area contributed by atoms with Gasteiger partial charge in [-0.2, -0.15) is 0 Å². The van der Waals surface area contributed by atoms with E-state index < -0.39 is 6.04 Å². The number of benzene rings is 1. The lowest BCUT2D eigenvalue weighted by Gasteiger charge is -2.36. The molecule has 0 spiro atoms. The van der Waals surface area contributed by atoms with Gasteiger partial charge in [0.15, 0.2) is 0 Å². The topological polar surface area (TPSA) is 91.4 Å². The quantitative estimate of drug-likeness (QED) is 0.885. The van der Waals surface area contributed by atoms with Gasteiger partial charge in [-0.05, 0) is 30.7 Å². The van der Waals surface area contributed by atoms with Crippen LogP contribution in [0.3, 0.4) is 0 Å². The number of carbonyl (C=O) groups is 3. The number of anilines is 3. The monoisotopic (exact) mass is 352 g/mol. The van der Waals surface area contributed by atoms with Crippen molar-refractivity contribution < 1.29 is 14.4 Å². The Labute approximate surface area is 151 Å². The van der Waals surface area contributed by atoms with Crippen molar-refractivity contribution in [3.05, 3.63) is 48.2 Å². The van der Waals surface area contributed by atoms with E-state index in [4.69, 9.17) is 0 Å². The third kappa shape index (κ3) is 3.42. The minimum atomic E-state index is -0.572. The summed E-state index contributed by atoms with van der Waals surface area (Å²) in [5, 5.41) is 5.43. The number of aromatic nitrogens is 1. The van der Waals surface area contributed by atoms with E-state index in [1.165, 1.54) is 18.0 Å². The molecule has 7 heteroatoms. The van der Waals surface area contributed by atoms with Crippen molar-refractivity contribution in [2.45, 2.75) is 32.7 Å². The van der Waals surface area contributed by atoms with Crippen LogP contribution >= 0.6 is 0 Å². The second kappa shape index (κ2) is 7.35. The van der Waals surface area contributed by atoms with E-state index in [0.717, 1.165) is 6.42 Å². The molecule has 3 rings (SSSR count). The molecule has 1 aromatic carbocycles. The number of hydrogen-bond acceptors (Lipinski definition) is 4. The van der Waals surface area contributed by atoms with Crippen molar-refractivity contribution in [2.24, 2.45) is 0 Å². The van der Waals surface area contributed by atoms with E-state index in [0.29, 0.717) is 29.2 Å². The summed E-state index contributed by atoms with van der Waals surface area (Å²) in [5.41, 5.74) is 1.63. The van der Waals surface area contributed by atoms with Crippen LogP contribution in [-0.2, 0) is 9.59 Å². The molecule has 2 aromatic rings. The second-order valence-electron chi connectivity index (χ2n) is 6.10. The maximum Gasteiger partial charge on any atom is 0.260 e. The van der Waals surface area contributed by atoms with Gasteiger partial charge in [0.2, 0.25) is 11.8 Å². The number of carbonyl (C=O) groups excluding carboxylic acids is 3. The van der Waals surface area contributed by atoms with Gasteiger partial charge in [-0.15, -0.1) is 0 Å². The molecule has 1 aromatic heterocycles. The summed E-state index contributed by atoms with van der Waals surface area (Å²) in [5.74, 6) is -0.355. The molecule has 2 heterocycles. The van der Waals surface area contributed by atoms with Crippen molar-refractivity contribution in [3.8, 4) is 0 Å². The zero-order valence-electron chi connectivity index (χ0n) is 14.7. The molecule has 0 saturated heterocycles. The Morgan fingerprint density at radius 2 is 2.00 bits per heavy atom. The number of nitrogens with one attached hydrogen (secondary N) is 2. The Kier molecular flexibility index (Phi) is 4.97. The van der Waals surface area contributed by atoms with Crippen LogP contribution in [0.5, 0.6) is 0 Å². The molecule has 2 N–H and O–H groups in total. The summed E-state index contributed by atoms with van der Waals surface area (Å²) < 4.78 is 0. The Balaban J connectivity index is 1.97. The minimum absolute atomic E-state index is 0.193. The molecule has 3 amide bonds. The number of hydrogen-bond donors (Lipinski definition) is 2. The normalized spacial score (nSPS) is 15.8. The average molecular weight is 352 g/mol. The highest BCUT2D eigenvalue weighted by Crippen LogP contribution is 2.34. The van der Waals surface area contributed by atoms with Crippen LogP contribution in [0.4, 0.5) is 17.2 Å². The fraction of sp³-hybridized carbons (Fsp3) is 0.263. The molecule has 0 saturated carbocycles. The third-order valence-electron chi connectivity index (χ3n) is 4.13. The van der Waals surface area contributed by atoms with Gasteiger partial charge in [0.1, 0.15) is 11.9 Å². The highest BCUT2D eigenvalue weighted by Gasteiger charge is 2.36. The zero-order valence-corrected chi connectivity index (χ0v) is 14.7. The third-order valence-corrected chi connectivity index (χ3v) is 4.13. The predicted octanol–water partition coefficient (Wildman–Crippen LogP) is 2.81. The maximum absolute atomic E-state index is 13.1. The van der Waals surface area contributed by atoms with Crippen molar-refractivity contribution >= 4 is 34.9 Å². The first-order valence-electron chi connectivity index (χ1n) is 8.48. The molecule has 0 radical (unpaired) electrons. The van der Waals surface area contributed by atoms with Crippen LogP contribution in [0.2, 0.25) is 0 Å². The van der Waals surface area contributed by atoms with Crippen LogP contribution < -0.4 is 15.5 Å². The van der Waals surface area contributed by atoms with Crippen LogP contribution in [-0.4, -0.2) is 28.7 Å².